The van der Waals surface area contributed by atoms with Gasteiger partial charge in [-0.15, -0.1) is 6.58 Å². The Labute approximate surface area is 72.8 Å². The number of esters is 1. The smallest absolute Gasteiger partial charge is 0.326 e. The topological polar surface area (TPSA) is 38.3 Å². The Bertz CT molecular complexity index is 183. The van der Waals surface area contributed by atoms with Crippen molar-refractivity contribution in [2.24, 2.45) is 0 Å². The second-order valence-corrected chi connectivity index (χ2v) is 3.10. The van der Waals surface area contributed by atoms with Crippen molar-refractivity contribution >= 4 is 5.97 Å². The molecule has 0 aromatic carbocycles. The molecule has 3 nitrogen and oxygen atoms in total. The minimum absolute atomic E-state index is 0.167. The van der Waals surface area contributed by atoms with Crippen LogP contribution in [0.25, 0.3) is 0 Å². The summed E-state index contributed by atoms with van der Waals surface area (Å²) in [7, 11) is 1.42. The maximum absolute atomic E-state index is 11.4. The zero-order valence-corrected chi connectivity index (χ0v) is 7.43. The Balaban J connectivity index is 2.70. The van der Waals surface area contributed by atoms with Crippen LogP contribution < -0.4 is 5.32 Å². The minimum Gasteiger partial charge on any atom is -0.468 e. The zero-order chi connectivity index (χ0) is 9.03. The van der Waals surface area contributed by atoms with Crippen molar-refractivity contribution in [2.75, 3.05) is 13.7 Å². The molecule has 1 atom stereocenters. The fourth-order valence-electron chi connectivity index (χ4n) is 1.68. The summed E-state index contributed by atoms with van der Waals surface area (Å²) in [6.07, 6.45) is 4.30. The maximum atomic E-state index is 11.4. The van der Waals surface area contributed by atoms with E-state index in [0.717, 1.165) is 19.4 Å². The van der Waals surface area contributed by atoms with E-state index in [1.54, 1.807) is 6.08 Å². The molecule has 12 heavy (non-hydrogen) atoms. The first-order valence-corrected chi connectivity index (χ1v) is 4.19. The van der Waals surface area contributed by atoms with Gasteiger partial charge >= 0.3 is 5.97 Å². The van der Waals surface area contributed by atoms with E-state index in [1.807, 2.05) is 0 Å². The molecule has 0 aromatic heterocycles. The lowest BCUT2D eigenvalue weighted by molar-refractivity contribution is -0.147. The van der Waals surface area contributed by atoms with Gasteiger partial charge in [-0.1, -0.05) is 6.08 Å². The van der Waals surface area contributed by atoms with Crippen LogP contribution in [0.2, 0.25) is 0 Å². The first-order valence-electron chi connectivity index (χ1n) is 4.19. The van der Waals surface area contributed by atoms with Gasteiger partial charge in [-0.3, -0.25) is 4.79 Å². The standard InChI is InChI=1S/C9H15NO2/c1-3-5-9(8(11)12-2)6-4-7-10-9/h3,10H,1,4-7H2,2H3. The number of rotatable bonds is 3. The van der Waals surface area contributed by atoms with Crippen molar-refractivity contribution < 1.29 is 9.53 Å². The summed E-state index contributed by atoms with van der Waals surface area (Å²) >= 11 is 0. The lowest BCUT2D eigenvalue weighted by Gasteiger charge is -2.24. The van der Waals surface area contributed by atoms with Crippen LogP contribution in [0.3, 0.4) is 0 Å². The molecule has 3 heteroatoms. The van der Waals surface area contributed by atoms with Crippen LogP contribution in [0.5, 0.6) is 0 Å². The number of hydrogen-bond acceptors (Lipinski definition) is 3. The van der Waals surface area contributed by atoms with Gasteiger partial charge in [0.05, 0.1) is 7.11 Å². The summed E-state index contributed by atoms with van der Waals surface area (Å²) < 4.78 is 4.74. The number of hydrogen-bond donors (Lipinski definition) is 1. The molecule has 1 rings (SSSR count). The molecule has 0 amide bonds. The van der Waals surface area contributed by atoms with E-state index in [1.165, 1.54) is 7.11 Å². The van der Waals surface area contributed by atoms with Gasteiger partial charge < -0.3 is 10.1 Å². The van der Waals surface area contributed by atoms with Crippen molar-refractivity contribution in [3.63, 3.8) is 0 Å². The zero-order valence-electron chi connectivity index (χ0n) is 7.43. The van der Waals surface area contributed by atoms with E-state index in [-0.39, 0.29) is 5.97 Å². The number of methoxy groups -OCH3 is 1. The quantitative estimate of drug-likeness (QED) is 0.503. The molecule has 0 bridgehead atoms. The molecule has 1 aliphatic heterocycles. The number of carbonyl (C=O) groups is 1. The van der Waals surface area contributed by atoms with Crippen LogP contribution >= 0.6 is 0 Å². The summed E-state index contributed by atoms with van der Waals surface area (Å²) in [5.41, 5.74) is -0.476. The summed E-state index contributed by atoms with van der Waals surface area (Å²) in [6, 6.07) is 0. The molecule has 0 aliphatic carbocycles. The molecule has 1 N–H and O–H groups in total. The maximum Gasteiger partial charge on any atom is 0.326 e. The van der Waals surface area contributed by atoms with Crippen molar-refractivity contribution in [2.45, 2.75) is 24.8 Å². The van der Waals surface area contributed by atoms with Gasteiger partial charge in [-0.25, -0.2) is 0 Å². The summed E-state index contributed by atoms with van der Waals surface area (Å²) in [5, 5.41) is 3.18. The first-order chi connectivity index (χ1) is 5.75. The van der Waals surface area contributed by atoms with Gasteiger partial charge in [0.15, 0.2) is 0 Å². The molecule has 0 radical (unpaired) electrons. The normalized spacial score (nSPS) is 28.4. The lowest BCUT2D eigenvalue weighted by atomic mass is 9.93. The molecule has 68 valence electrons. The Hall–Kier alpha value is -0.830. The van der Waals surface area contributed by atoms with Crippen LogP contribution in [-0.2, 0) is 9.53 Å². The van der Waals surface area contributed by atoms with Crippen LogP contribution in [-0.4, -0.2) is 25.2 Å². The molecule has 0 aromatic rings. The van der Waals surface area contributed by atoms with Gasteiger partial charge in [0.25, 0.3) is 0 Å². The number of nitrogens with one attached hydrogen (secondary N) is 1. The average molecular weight is 169 g/mol. The predicted molar refractivity (Wildman–Crippen MR) is 46.8 cm³/mol. The van der Waals surface area contributed by atoms with Gasteiger partial charge in [-0.05, 0) is 25.8 Å². The van der Waals surface area contributed by atoms with E-state index < -0.39 is 5.54 Å². The third kappa shape index (κ3) is 1.50. The molecule has 0 spiro atoms. The van der Waals surface area contributed by atoms with Gasteiger partial charge in [0, 0.05) is 0 Å². The SMILES string of the molecule is C=CCC1(C(=O)OC)CCCN1. The Morgan fingerprint density at radius 1 is 1.83 bits per heavy atom. The summed E-state index contributed by atoms with van der Waals surface area (Å²) in [5.74, 6) is -0.167. The molecule has 1 saturated heterocycles. The van der Waals surface area contributed by atoms with Gasteiger partial charge in [0.1, 0.15) is 5.54 Å². The van der Waals surface area contributed by atoms with E-state index in [0.29, 0.717) is 6.42 Å². The number of carbonyl (C=O) groups excluding carboxylic acids is 1. The van der Waals surface area contributed by atoms with Crippen molar-refractivity contribution in [1.82, 2.24) is 5.32 Å². The van der Waals surface area contributed by atoms with E-state index >= 15 is 0 Å². The molecule has 1 fully saturated rings. The number of ether oxygens (including phenoxy) is 1. The van der Waals surface area contributed by atoms with Gasteiger partial charge in [0.2, 0.25) is 0 Å². The monoisotopic (exact) mass is 169 g/mol. The highest BCUT2D eigenvalue weighted by atomic mass is 16.5. The van der Waals surface area contributed by atoms with E-state index in [9.17, 15) is 4.79 Å². The first kappa shape index (κ1) is 9.26. The molecule has 1 unspecified atom stereocenters. The Kier molecular flexibility index (Phi) is 2.87. The lowest BCUT2D eigenvalue weighted by Crippen LogP contribution is -2.47. The van der Waals surface area contributed by atoms with Crippen molar-refractivity contribution in [3.05, 3.63) is 12.7 Å². The third-order valence-electron chi connectivity index (χ3n) is 2.31. The van der Waals surface area contributed by atoms with E-state index in [4.69, 9.17) is 4.74 Å². The average Bonchev–Trinajstić information content (AvgIpc) is 2.53. The molecule has 1 heterocycles. The van der Waals surface area contributed by atoms with Crippen LogP contribution in [0.4, 0.5) is 0 Å². The molecule has 1 aliphatic rings. The summed E-state index contributed by atoms with van der Waals surface area (Å²) in [4.78, 5) is 11.4. The highest BCUT2D eigenvalue weighted by Crippen LogP contribution is 2.24. The van der Waals surface area contributed by atoms with Crippen LogP contribution in [0.15, 0.2) is 12.7 Å². The fraction of sp³-hybridized carbons (Fsp3) is 0.667. The highest BCUT2D eigenvalue weighted by molar-refractivity contribution is 5.81. The molecule has 0 saturated carbocycles. The largest absolute Gasteiger partial charge is 0.468 e. The van der Waals surface area contributed by atoms with Crippen LogP contribution in [0, 0.1) is 0 Å². The summed E-state index contributed by atoms with van der Waals surface area (Å²) in [6.45, 7) is 4.53. The van der Waals surface area contributed by atoms with Crippen molar-refractivity contribution in [1.29, 1.82) is 0 Å². The molecular weight excluding hydrogens is 154 g/mol. The highest BCUT2D eigenvalue weighted by Gasteiger charge is 2.40. The Morgan fingerprint density at radius 2 is 2.58 bits per heavy atom. The minimum atomic E-state index is -0.476. The van der Waals surface area contributed by atoms with E-state index in [2.05, 4.69) is 11.9 Å². The molecular formula is C9H15NO2. The predicted octanol–water partition coefficient (Wildman–Crippen LogP) is 0.858. The fourth-order valence-corrected chi connectivity index (χ4v) is 1.68. The third-order valence-corrected chi connectivity index (χ3v) is 2.31. The second-order valence-electron chi connectivity index (χ2n) is 3.10. The van der Waals surface area contributed by atoms with Crippen molar-refractivity contribution in [3.8, 4) is 0 Å². The second kappa shape index (κ2) is 3.72. The van der Waals surface area contributed by atoms with Crippen LogP contribution in [0.1, 0.15) is 19.3 Å². The Morgan fingerprint density at radius 3 is 3.00 bits per heavy atom. The van der Waals surface area contributed by atoms with Gasteiger partial charge in [-0.2, -0.15) is 0 Å².